The summed E-state index contributed by atoms with van der Waals surface area (Å²) in [6.45, 7) is 4.00. The zero-order valence-electron chi connectivity index (χ0n) is 35.0. The largest absolute Gasteiger partial charge is 0.394 e. The molecule has 0 aliphatic carbocycles. The highest BCUT2D eigenvalue weighted by Crippen LogP contribution is 2.15. The van der Waals surface area contributed by atoms with Gasteiger partial charge in [0.25, 0.3) is 0 Å². The van der Waals surface area contributed by atoms with E-state index in [1.165, 1.54) is 148 Å². The molecule has 0 aliphatic heterocycles. The van der Waals surface area contributed by atoms with Gasteiger partial charge in [-0.3, -0.25) is 4.79 Å². The van der Waals surface area contributed by atoms with Crippen molar-refractivity contribution in [2.24, 2.45) is 0 Å². The number of carbonyl (C=O) groups is 1. The maximum atomic E-state index is 12.5. The molecule has 0 aromatic carbocycles. The van der Waals surface area contributed by atoms with Crippen molar-refractivity contribution in [1.29, 1.82) is 0 Å². The molecular formula is C47H89NO5. The van der Waals surface area contributed by atoms with Crippen LogP contribution in [-0.4, -0.2) is 57.3 Å². The third kappa shape index (κ3) is 36.0. The van der Waals surface area contributed by atoms with Gasteiger partial charge in [0.05, 0.1) is 18.8 Å². The maximum Gasteiger partial charge on any atom is 0.249 e. The van der Waals surface area contributed by atoms with Crippen LogP contribution in [0.5, 0.6) is 0 Å². The second kappa shape index (κ2) is 41.7. The Balaban J connectivity index is 3.70. The molecule has 0 rings (SSSR count). The normalized spacial score (nSPS) is 14.5. The number of aliphatic hydroxyl groups is 4. The van der Waals surface area contributed by atoms with E-state index in [1.54, 1.807) is 0 Å². The molecule has 0 heterocycles. The number of unbranched alkanes of at least 4 members (excludes halogenated alkanes) is 26. The minimum atomic E-state index is -1.29. The van der Waals surface area contributed by atoms with Crippen LogP contribution >= 0.6 is 0 Å². The third-order valence-electron chi connectivity index (χ3n) is 10.6. The molecule has 0 bridgehead atoms. The van der Waals surface area contributed by atoms with Crippen molar-refractivity contribution in [3.8, 4) is 0 Å². The summed E-state index contributed by atoms with van der Waals surface area (Å²) >= 11 is 0. The van der Waals surface area contributed by atoms with Crippen molar-refractivity contribution in [3.05, 3.63) is 36.5 Å². The van der Waals surface area contributed by atoms with Crippen molar-refractivity contribution in [1.82, 2.24) is 5.32 Å². The molecule has 1 amide bonds. The lowest BCUT2D eigenvalue weighted by Crippen LogP contribution is -2.53. The van der Waals surface area contributed by atoms with E-state index in [4.69, 9.17) is 0 Å². The number of nitrogens with one attached hydrogen (secondary N) is 1. The summed E-state index contributed by atoms with van der Waals surface area (Å²) in [4.78, 5) is 12.5. The number of allylic oxidation sites excluding steroid dienone is 6. The Morgan fingerprint density at radius 2 is 0.792 bits per heavy atom. The van der Waals surface area contributed by atoms with Crippen molar-refractivity contribution in [2.75, 3.05) is 6.61 Å². The quantitative estimate of drug-likeness (QED) is 0.0316. The molecule has 0 radical (unpaired) electrons. The molecule has 4 atom stereocenters. The molecule has 6 heteroatoms. The standard InChI is InChI=1S/C47H89NO5/c1-3-5-7-9-11-13-15-17-18-19-20-21-22-23-24-25-26-27-28-29-31-33-35-37-39-41-45(51)47(53)48-43(42-49)46(52)44(50)40-38-36-34-32-30-16-14-12-10-8-6-4-2/h12,14,23-24,32,34,43-46,49-52H,3-11,13,15-22,25-31,33,35-42H2,1-2H3,(H,48,53)/b14-12+,24-23-,34-32+. The highest BCUT2D eigenvalue weighted by atomic mass is 16.3. The second-order valence-electron chi connectivity index (χ2n) is 15.7. The zero-order valence-corrected chi connectivity index (χ0v) is 35.0. The monoisotopic (exact) mass is 748 g/mol. The summed E-state index contributed by atoms with van der Waals surface area (Å²) in [5.41, 5.74) is 0. The fourth-order valence-corrected chi connectivity index (χ4v) is 6.89. The smallest absolute Gasteiger partial charge is 0.249 e. The average Bonchev–Trinajstić information content (AvgIpc) is 3.16. The van der Waals surface area contributed by atoms with Gasteiger partial charge in [-0.2, -0.15) is 0 Å². The van der Waals surface area contributed by atoms with Gasteiger partial charge in [-0.05, 0) is 77.0 Å². The minimum absolute atomic E-state index is 0.358. The first kappa shape index (κ1) is 51.5. The molecule has 0 saturated heterocycles. The summed E-state index contributed by atoms with van der Waals surface area (Å²) in [7, 11) is 0. The lowest BCUT2D eigenvalue weighted by molar-refractivity contribution is -0.132. The predicted molar refractivity (Wildman–Crippen MR) is 228 cm³/mol. The van der Waals surface area contributed by atoms with Crippen molar-refractivity contribution >= 4 is 5.91 Å². The Morgan fingerprint density at radius 1 is 0.453 bits per heavy atom. The van der Waals surface area contributed by atoms with E-state index in [-0.39, 0.29) is 0 Å². The summed E-state index contributed by atoms with van der Waals surface area (Å²) in [5.74, 6) is -0.600. The molecular weight excluding hydrogens is 659 g/mol. The first-order chi connectivity index (χ1) is 26.0. The van der Waals surface area contributed by atoms with Gasteiger partial charge in [-0.25, -0.2) is 0 Å². The average molecular weight is 748 g/mol. The second-order valence-corrected chi connectivity index (χ2v) is 15.7. The molecule has 0 aliphatic rings. The van der Waals surface area contributed by atoms with Crippen LogP contribution in [0.4, 0.5) is 0 Å². The number of hydrogen-bond acceptors (Lipinski definition) is 5. The lowest BCUT2D eigenvalue weighted by Gasteiger charge is -2.27. The molecule has 4 unspecified atom stereocenters. The maximum absolute atomic E-state index is 12.5. The SMILES string of the molecule is CCCCC/C=C/CC/C=C/CCCC(O)C(O)C(CO)NC(=O)C(O)CCCCCCCCCCC/C=C\CCCCCCCCCCCCCC. The minimum Gasteiger partial charge on any atom is -0.394 e. The van der Waals surface area contributed by atoms with E-state index in [1.807, 2.05) is 0 Å². The van der Waals surface area contributed by atoms with Gasteiger partial charge >= 0.3 is 0 Å². The van der Waals surface area contributed by atoms with Crippen LogP contribution in [0.15, 0.2) is 36.5 Å². The number of aliphatic hydroxyl groups excluding tert-OH is 4. The summed E-state index contributed by atoms with van der Waals surface area (Å²) in [6, 6.07) is -1.01. The zero-order chi connectivity index (χ0) is 38.9. The van der Waals surface area contributed by atoms with Crippen LogP contribution in [0.25, 0.3) is 0 Å². The topological polar surface area (TPSA) is 110 Å². The van der Waals surface area contributed by atoms with Crippen molar-refractivity contribution in [3.63, 3.8) is 0 Å². The molecule has 0 saturated carbocycles. The Hall–Kier alpha value is -1.47. The first-order valence-electron chi connectivity index (χ1n) is 22.9. The molecule has 0 fully saturated rings. The fourth-order valence-electron chi connectivity index (χ4n) is 6.89. The molecule has 5 N–H and O–H groups in total. The fraction of sp³-hybridized carbons (Fsp3) is 0.851. The highest BCUT2D eigenvalue weighted by molar-refractivity contribution is 5.80. The van der Waals surface area contributed by atoms with Crippen LogP contribution in [0.2, 0.25) is 0 Å². The summed E-state index contributed by atoms with van der Waals surface area (Å²) < 4.78 is 0. The van der Waals surface area contributed by atoms with E-state index in [0.29, 0.717) is 19.3 Å². The van der Waals surface area contributed by atoms with Crippen LogP contribution in [0.1, 0.15) is 226 Å². The van der Waals surface area contributed by atoms with Gasteiger partial charge < -0.3 is 25.7 Å². The molecule has 312 valence electrons. The predicted octanol–water partition coefficient (Wildman–Crippen LogP) is 12.1. The molecule has 0 spiro atoms. The summed E-state index contributed by atoms with van der Waals surface area (Å²) in [6.07, 6.45) is 49.0. The van der Waals surface area contributed by atoms with E-state index < -0.39 is 36.9 Å². The Labute approximate surface area is 328 Å². The third-order valence-corrected chi connectivity index (χ3v) is 10.6. The Bertz CT molecular complexity index is 843. The van der Waals surface area contributed by atoms with Gasteiger partial charge in [0, 0.05) is 0 Å². The Morgan fingerprint density at radius 3 is 1.23 bits per heavy atom. The van der Waals surface area contributed by atoms with Gasteiger partial charge in [0.2, 0.25) is 5.91 Å². The van der Waals surface area contributed by atoms with E-state index in [9.17, 15) is 25.2 Å². The van der Waals surface area contributed by atoms with Crippen molar-refractivity contribution < 1.29 is 25.2 Å². The van der Waals surface area contributed by atoms with E-state index >= 15 is 0 Å². The van der Waals surface area contributed by atoms with E-state index in [2.05, 4.69) is 55.6 Å². The van der Waals surface area contributed by atoms with Crippen molar-refractivity contribution in [2.45, 2.75) is 250 Å². The van der Waals surface area contributed by atoms with Crippen LogP contribution in [-0.2, 0) is 4.79 Å². The van der Waals surface area contributed by atoms with Gasteiger partial charge in [-0.1, -0.05) is 185 Å². The van der Waals surface area contributed by atoms with Gasteiger partial charge in [-0.15, -0.1) is 0 Å². The molecule has 6 nitrogen and oxygen atoms in total. The van der Waals surface area contributed by atoms with Gasteiger partial charge in [0.1, 0.15) is 12.2 Å². The number of hydrogen-bond donors (Lipinski definition) is 5. The number of carbonyl (C=O) groups excluding carboxylic acids is 1. The molecule has 53 heavy (non-hydrogen) atoms. The summed E-state index contributed by atoms with van der Waals surface area (Å²) in [5, 5.41) is 43.6. The van der Waals surface area contributed by atoms with E-state index in [0.717, 1.165) is 44.9 Å². The van der Waals surface area contributed by atoms with Crippen LogP contribution in [0, 0.1) is 0 Å². The number of amides is 1. The molecule has 0 aromatic heterocycles. The lowest BCUT2D eigenvalue weighted by atomic mass is 10.00. The Kier molecular flexibility index (Phi) is 40.5. The van der Waals surface area contributed by atoms with Crippen LogP contribution in [0.3, 0.4) is 0 Å². The van der Waals surface area contributed by atoms with Crippen LogP contribution < -0.4 is 5.32 Å². The highest BCUT2D eigenvalue weighted by Gasteiger charge is 2.28. The number of rotatable bonds is 41. The molecule has 0 aromatic rings. The van der Waals surface area contributed by atoms with Gasteiger partial charge in [0.15, 0.2) is 0 Å². The first-order valence-corrected chi connectivity index (χ1v) is 22.9.